The van der Waals surface area contributed by atoms with Crippen molar-refractivity contribution in [2.45, 2.75) is 33.8 Å². The molecule has 1 atom stereocenters. The number of rotatable bonds is 5. The molecule has 0 aliphatic carbocycles. The molecular formula is C13H22N2O. The first-order chi connectivity index (χ1) is 7.54. The Kier molecular flexibility index (Phi) is 4.74. The minimum Gasteiger partial charge on any atom is -0.389 e. The summed E-state index contributed by atoms with van der Waals surface area (Å²) in [5, 5.41) is 9.54. The Balaban J connectivity index is 2.87. The van der Waals surface area contributed by atoms with E-state index in [1.54, 1.807) is 13.1 Å². The molecule has 1 aromatic heterocycles. The van der Waals surface area contributed by atoms with Crippen molar-refractivity contribution < 1.29 is 5.11 Å². The lowest BCUT2D eigenvalue weighted by atomic mass is 10.1. The quantitative estimate of drug-likeness (QED) is 0.832. The standard InChI is InChI=1S/C13H22N2O/c1-5-15(9-10(2)3)13-8-12(11(4)16)6-7-14-13/h6-8,10-11,16H,5,9H2,1-4H3/t11-/m0/s1. The molecular weight excluding hydrogens is 200 g/mol. The molecule has 3 heteroatoms. The van der Waals surface area contributed by atoms with Crippen LogP contribution in [0.1, 0.15) is 39.4 Å². The third-order valence-electron chi connectivity index (χ3n) is 2.54. The van der Waals surface area contributed by atoms with Gasteiger partial charge in [0, 0.05) is 19.3 Å². The summed E-state index contributed by atoms with van der Waals surface area (Å²) in [6.07, 6.45) is 1.33. The second kappa shape index (κ2) is 5.85. The summed E-state index contributed by atoms with van der Waals surface area (Å²) < 4.78 is 0. The van der Waals surface area contributed by atoms with Crippen LogP contribution in [-0.2, 0) is 0 Å². The van der Waals surface area contributed by atoms with Crippen molar-refractivity contribution in [3.8, 4) is 0 Å². The summed E-state index contributed by atoms with van der Waals surface area (Å²) >= 11 is 0. The van der Waals surface area contributed by atoms with Crippen molar-refractivity contribution in [1.29, 1.82) is 0 Å². The van der Waals surface area contributed by atoms with Crippen LogP contribution in [0.4, 0.5) is 5.82 Å². The summed E-state index contributed by atoms with van der Waals surface area (Å²) in [6.45, 7) is 10.2. The predicted molar refractivity (Wildman–Crippen MR) is 67.6 cm³/mol. The fourth-order valence-corrected chi connectivity index (χ4v) is 1.69. The monoisotopic (exact) mass is 222 g/mol. The number of hydrogen-bond donors (Lipinski definition) is 1. The van der Waals surface area contributed by atoms with Gasteiger partial charge in [-0.25, -0.2) is 4.98 Å². The van der Waals surface area contributed by atoms with Gasteiger partial charge in [-0.05, 0) is 37.5 Å². The number of hydrogen-bond acceptors (Lipinski definition) is 3. The fraction of sp³-hybridized carbons (Fsp3) is 0.615. The highest BCUT2D eigenvalue weighted by atomic mass is 16.3. The van der Waals surface area contributed by atoms with Gasteiger partial charge in [0.05, 0.1) is 6.10 Å². The second-order valence-corrected chi connectivity index (χ2v) is 4.56. The number of aliphatic hydroxyl groups is 1. The van der Waals surface area contributed by atoms with Gasteiger partial charge in [0.2, 0.25) is 0 Å². The normalized spacial score (nSPS) is 12.9. The Hall–Kier alpha value is -1.09. The molecule has 0 spiro atoms. The van der Waals surface area contributed by atoms with E-state index in [1.807, 2.05) is 12.1 Å². The lowest BCUT2D eigenvalue weighted by Gasteiger charge is -2.24. The van der Waals surface area contributed by atoms with Gasteiger partial charge in [0.25, 0.3) is 0 Å². The van der Waals surface area contributed by atoms with E-state index in [1.165, 1.54) is 0 Å². The average Bonchev–Trinajstić information content (AvgIpc) is 2.25. The van der Waals surface area contributed by atoms with E-state index in [9.17, 15) is 5.11 Å². The first kappa shape index (κ1) is 13.0. The van der Waals surface area contributed by atoms with E-state index in [2.05, 4.69) is 30.7 Å². The topological polar surface area (TPSA) is 36.4 Å². The van der Waals surface area contributed by atoms with Gasteiger partial charge in [-0.15, -0.1) is 0 Å². The zero-order valence-electron chi connectivity index (χ0n) is 10.6. The van der Waals surface area contributed by atoms with E-state index < -0.39 is 6.10 Å². The van der Waals surface area contributed by atoms with Crippen molar-refractivity contribution in [3.05, 3.63) is 23.9 Å². The molecule has 90 valence electrons. The van der Waals surface area contributed by atoms with E-state index in [0.717, 1.165) is 24.5 Å². The van der Waals surface area contributed by atoms with Crippen molar-refractivity contribution in [2.24, 2.45) is 5.92 Å². The van der Waals surface area contributed by atoms with Crippen LogP contribution in [0, 0.1) is 5.92 Å². The number of nitrogens with zero attached hydrogens (tertiary/aromatic N) is 2. The van der Waals surface area contributed by atoms with Crippen LogP contribution in [0.5, 0.6) is 0 Å². The van der Waals surface area contributed by atoms with Crippen LogP contribution in [0.25, 0.3) is 0 Å². The van der Waals surface area contributed by atoms with Crippen LogP contribution in [0.2, 0.25) is 0 Å². The summed E-state index contributed by atoms with van der Waals surface area (Å²) in [5.74, 6) is 1.56. The first-order valence-corrected chi connectivity index (χ1v) is 5.93. The van der Waals surface area contributed by atoms with E-state index >= 15 is 0 Å². The van der Waals surface area contributed by atoms with E-state index in [0.29, 0.717) is 5.92 Å². The number of aliphatic hydroxyl groups excluding tert-OH is 1. The van der Waals surface area contributed by atoms with Crippen LogP contribution < -0.4 is 4.90 Å². The number of anilines is 1. The molecule has 0 aliphatic rings. The van der Waals surface area contributed by atoms with Gasteiger partial charge in [-0.2, -0.15) is 0 Å². The molecule has 0 aliphatic heterocycles. The smallest absolute Gasteiger partial charge is 0.128 e. The van der Waals surface area contributed by atoms with E-state index in [-0.39, 0.29) is 0 Å². The Morgan fingerprint density at radius 1 is 1.38 bits per heavy atom. The molecule has 0 fully saturated rings. The molecule has 0 saturated carbocycles. The zero-order chi connectivity index (χ0) is 12.1. The third kappa shape index (κ3) is 3.49. The number of pyridine rings is 1. The molecule has 0 aromatic carbocycles. The molecule has 1 rings (SSSR count). The molecule has 16 heavy (non-hydrogen) atoms. The molecule has 1 heterocycles. The van der Waals surface area contributed by atoms with Crippen LogP contribution >= 0.6 is 0 Å². The Morgan fingerprint density at radius 3 is 2.56 bits per heavy atom. The highest BCUT2D eigenvalue weighted by Gasteiger charge is 2.09. The maximum Gasteiger partial charge on any atom is 0.128 e. The van der Waals surface area contributed by atoms with Crippen molar-refractivity contribution >= 4 is 5.82 Å². The van der Waals surface area contributed by atoms with Crippen LogP contribution in [0.15, 0.2) is 18.3 Å². The lowest BCUT2D eigenvalue weighted by Crippen LogP contribution is -2.28. The summed E-state index contributed by atoms with van der Waals surface area (Å²) in [5.41, 5.74) is 0.923. The molecule has 1 N–H and O–H groups in total. The molecule has 0 bridgehead atoms. The molecule has 1 aromatic rings. The largest absolute Gasteiger partial charge is 0.389 e. The zero-order valence-corrected chi connectivity index (χ0v) is 10.6. The first-order valence-electron chi connectivity index (χ1n) is 5.93. The van der Waals surface area contributed by atoms with Crippen molar-refractivity contribution in [2.75, 3.05) is 18.0 Å². The Bertz CT molecular complexity index is 323. The van der Waals surface area contributed by atoms with Crippen molar-refractivity contribution in [3.63, 3.8) is 0 Å². The average molecular weight is 222 g/mol. The van der Waals surface area contributed by atoms with Gasteiger partial charge < -0.3 is 10.0 Å². The predicted octanol–water partition coefficient (Wildman–Crippen LogP) is 2.62. The van der Waals surface area contributed by atoms with Gasteiger partial charge in [-0.1, -0.05) is 13.8 Å². The van der Waals surface area contributed by atoms with Gasteiger partial charge >= 0.3 is 0 Å². The maximum atomic E-state index is 9.54. The van der Waals surface area contributed by atoms with Gasteiger partial charge in [0.1, 0.15) is 5.82 Å². The lowest BCUT2D eigenvalue weighted by molar-refractivity contribution is 0.199. The summed E-state index contributed by atoms with van der Waals surface area (Å²) in [4.78, 5) is 6.59. The molecule has 0 radical (unpaired) electrons. The minimum atomic E-state index is -0.431. The second-order valence-electron chi connectivity index (χ2n) is 4.56. The summed E-state index contributed by atoms with van der Waals surface area (Å²) in [6, 6.07) is 3.83. The molecule has 0 amide bonds. The third-order valence-corrected chi connectivity index (χ3v) is 2.54. The highest BCUT2D eigenvalue weighted by molar-refractivity contribution is 5.41. The highest BCUT2D eigenvalue weighted by Crippen LogP contribution is 2.18. The van der Waals surface area contributed by atoms with Gasteiger partial charge in [-0.3, -0.25) is 0 Å². The Morgan fingerprint density at radius 2 is 2.06 bits per heavy atom. The molecule has 0 saturated heterocycles. The minimum absolute atomic E-state index is 0.431. The van der Waals surface area contributed by atoms with E-state index in [4.69, 9.17) is 0 Å². The van der Waals surface area contributed by atoms with Crippen molar-refractivity contribution in [1.82, 2.24) is 4.98 Å². The summed E-state index contributed by atoms with van der Waals surface area (Å²) in [7, 11) is 0. The molecule has 3 nitrogen and oxygen atoms in total. The van der Waals surface area contributed by atoms with Gasteiger partial charge in [0.15, 0.2) is 0 Å². The fourth-order valence-electron chi connectivity index (χ4n) is 1.69. The van der Waals surface area contributed by atoms with Crippen LogP contribution in [-0.4, -0.2) is 23.2 Å². The SMILES string of the molecule is CCN(CC(C)C)c1cc([C@H](C)O)ccn1. The molecule has 0 unspecified atom stereocenters. The number of aromatic nitrogens is 1. The Labute approximate surface area is 98.1 Å². The maximum absolute atomic E-state index is 9.54. The van der Waals surface area contributed by atoms with Crippen LogP contribution in [0.3, 0.4) is 0 Å².